The maximum absolute atomic E-state index is 12.6. The fourth-order valence-electron chi connectivity index (χ4n) is 3.09. The van der Waals surface area contributed by atoms with E-state index in [0.29, 0.717) is 18.3 Å². The number of amides is 3. The minimum Gasteiger partial charge on any atom is -0.378 e. The van der Waals surface area contributed by atoms with E-state index in [0.717, 1.165) is 34.6 Å². The van der Waals surface area contributed by atoms with Crippen molar-refractivity contribution >= 4 is 55.9 Å². The first-order valence-corrected chi connectivity index (χ1v) is 10.3. The van der Waals surface area contributed by atoms with Gasteiger partial charge in [-0.3, -0.25) is 15.4 Å². The van der Waals surface area contributed by atoms with Crippen LogP contribution in [0.1, 0.15) is 15.9 Å². The maximum Gasteiger partial charge on any atom is 0.327 e. The molecule has 3 amide bonds. The van der Waals surface area contributed by atoms with E-state index < -0.39 is 11.9 Å². The summed E-state index contributed by atoms with van der Waals surface area (Å²) in [6.45, 7) is 4.73. The molecule has 9 heteroatoms. The van der Waals surface area contributed by atoms with Crippen LogP contribution in [0.15, 0.2) is 36.4 Å². The number of urea groups is 1. The predicted molar refractivity (Wildman–Crippen MR) is 115 cm³/mol. The van der Waals surface area contributed by atoms with Crippen molar-refractivity contribution in [2.45, 2.75) is 6.92 Å². The Bertz CT molecular complexity index is 1080. The fourth-order valence-corrected chi connectivity index (χ4v) is 4.25. The molecule has 0 bridgehead atoms. The number of anilines is 2. The lowest BCUT2D eigenvalue weighted by Gasteiger charge is -2.29. The van der Waals surface area contributed by atoms with E-state index >= 15 is 0 Å². The molecule has 3 aromatic rings. The standard InChI is InChI=1S/C20H19ClN4O3S/c1-12-2-5-16-17(10-12)29-20(22-16)24-19(27)23-18(26)14-11-13(3-4-15(14)21)25-6-8-28-9-7-25/h2-5,10-11H,6-9H2,1H3,(H2,22,23,24,26,27). The van der Waals surface area contributed by atoms with Crippen molar-refractivity contribution < 1.29 is 14.3 Å². The van der Waals surface area contributed by atoms with Gasteiger partial charge >= 0.3 is 6.03 Å². The number of morpholine rings is 1. The summed E-state index contributed by atoms with van der Waals surface area (Å²) in [6, 6.07) is 10.4. The van der Waals surface area contributed by atoms with Crippen LogP contribution in [-0.4, -0.2) is 43.2 Å². The largest absolute Gasteiger partial charge is 0.378 e. The zero-order valence-corrected chi connectivity index (χ0v) is 17.3. The Morgan fingerprint density at radius 2 is 1.97 bits per heavy atom. The van der Waals surface area contributed by atoms with Crippen molar-refractivity contribution in [2.75, 3.05) is 36.5 Å². The summed E-state index contributed by atoms with van der Waals surface area (Å²) < 4.78 is 6.32. The smallest absolute Gasteiger partial charge is 0.327 e. The molecule has 2 N–H and O–H groups in total. The Labute approximate surface area is 176 Å². The molecule has 4 rings (SSSR count). The third-order valence-electron chi connectivity index (χ3n) is 4.56. The van der Waals surface area contributed by atoms with Crippen LogP contribution >= 0.6 is 22.9 Å². The predicted octanol–water partition coefficient (Wildman–Crippen LogP) is 4.06. The average molecular weight is 431 g/mol. The molecule has 0 unspecified atom stereocenters. The van der Waals surface area contributed by atoms with Crippen molar-refractivity contribution in [1.29, 1.82) is 0 Å². The third kappa shape index (κ3) is 4.50. The molecule has 1 fully saturated rings. The number of halogens is 1. The van der Waals surface area contributed by atoms with Crippen LogP contribution < -0.4 is 15.5 Å². The lowest BCUT2D eigenvalue weighted by atomic mass is 10.1. The molecule has 0 aliphatic carbocycles. The minimum absolute atomic E-state index is 0.241. The quantitative estimate of drug-likeness (QED) is 0.654. The number of rotatable bonds is 3. The molecule has 2 heterocycles. The monoisotopic (exact) mass is 430 g/mol. The molecular weight excluding hydrogens is 412 g/mol. The number of fused-ring (bicyclic) bond motifs is 1. The number of hydrogen-bond acceptors (Lipinski definition) is 6. The van der Waals surface area contributed by atoms with Crippen LogP contribution in [-0.2, 0) is 4.74 Å². The minimum atomic E-state index is -0.654. The van der Waals surface area contributed by atoms with Crippen LogP contribution in [0.2, 0.25) is 5.02 Å². The average Bonchev–Trinajstić information content (AvgIpc) is 3.10. The van der Waals surface area contributed by atoms with E-state index in [2.05, 4.69) is 20.5 Å². The molecular formula is C20H19ClN4O3S. The first-order chi connectivity index (χ1) is 14.0. The van der Waals surface area contributed by atoms with Crippen molar-refractivity contribution in [3.8, 4) is 0 Å². The van der Waals surface area contributed by atoms with Crippen molar-refractivity contribution in [2.24, 2.45) is 0 Å². The highest BCUT2D eigenvalue weighted by Gasteiger charge is 2.18. The number of aryl methyl sites for hydroxylation is 1. The highest BCUT2D eigenvalue weighted by Crippen LogP contribution is 2.27. The summed E-state index contributed by atoms with van der Waals surface area (Å²) in [5, 5.41) is 5.64. The summed E-state index contributed by atoms with van der Waals surface area (Å²) in [4.78, 5) is 31.4. The van der Waals surface area contributed by atoms with Gasteiger partial charge in [-0.15, -0.1) is 0 Å². The number of hydrogen-bond donors (Lipinski definition) is 2. The number of imide groups is 1. The highest BCUT2D eigenvalue weighted by molar-refractivity contribution is 7.22. The van der Waals surface area contributed by atoms with Gasteiger partial charge in [-0.25, -0.2) is 9.78 Å². The summed E-state index contributed by atoms with van der Waals surface area (Å²) in [5.74, 6) is -0.570. The summed E-state index contributed by atoms with van der Waals surface area (Å²) in [5.41, 5.74) is 3.01. The Morgan fingerprint density at radius 3 is 2.76 bits per heavy atom. The van der Waals surface area contributed by atoms with Gasteiger partial charge in [-0.2, -0.15) is 0 Å². The maximum atomic E-state index is 12.6. The van der Waals surface area contributed by atoms with E-state index in [1.807, 2.05) is 31.2 Å². The van der Waals surface area contributed by atoms with Crippen molar-refractivity contribution in [3.05, 3.63) is 52.5 Å². The number of benzene rings is 2. The first-order valence-electron chi connectivity index (χ1n) is 9.11. The lowest BCUT2D eigenvalue weighted by molar-refractivity contribution is 0.0967. The zero-order valence-electron chi connectivity index (χ0n) is 15.7. The van der Waals surface area contributed by atoms with Crippen LogP contribution in [0.4, 0.5) is 15.6 Å². The normalized spacial score (nSPS) is 14.1. The lowest BCUT2D eigenvalue weighted by Crippen LogP contribution is -2.37. The molecule has 1 aliphatic rings. The van der Waals surface area contributed by atoms with E-state index in [4.69, 9.17) is 16.3 Å². The van der Waals surface area contributed by atoms with E-state index in [1.165, 1.54) is 11.3 Å². The summed E-state index contributed by atoms with van der Waals surface area (Å²) in [6.07, 6.45) is 0. The highest BCUT2D eigenvalue weighted by atomic mass is 35.5. The van der Waals surface area contributed by atoms with Gasteiger partial charge in [0.05, 0.1) is 34.0 Å². The van der Waals surface area contributed by atoms with Crippen LogP contribution in [0, 0.1) is 6.92 Å². The Balaban J connectivity index is 1.45. The Kier molecular flexibility index (Phi) is 5.66. The number of carbonyl (C=O) groups excluding carboxylic acids is 2. The number of nitrogens with one attached hydrogen (secondary N) is 2. The molecule has 29 heavy (non-hydrogen) atoms. The van der Waals surface area contributed by atoms with Gasteiger partial charge in [-0.1, -0.05) is 29.0 Å². The van der Waals surface area contributed by atoms with Crippen LogP contribution in [0.5, 0.6) is 0 Å². The second kappa shape index (κ2) is 8.36. The number of nitrogens with zero attached hydrogens (tertiary/aromatic N) is 2. The van der Waals surface area contributed by atoms with Gasteiger partial charge in [0.2, 0.25) is 0 Å². The molecule has 1 saturated heterocycles. The van der Waals surface area contributed by atoms with Crippen molar-refractivity contribution in [3.63, 3.8) is 0 Å². The van der Waals surface area contributed by atoms with Gasteiger partial charge in [-0.05, 0) is 42.8 Å². The van der Waals surface area contributed by atoms with Crippen LogP contribution in [0.3, 0.4) is 0 Å². The number of thiazole rings is 1. The molecule has 0 atom stereocenters. The van der Waals surface area contributed by atoms with E-state index in [9.17, 15) is 9.59 Å². The molecule has 1 aliphatic heterocycles. The molecule has 0 spiro atoms. The van der Waals surface area contributed by atoms with Gasteiger partial charge in [0.25, 0.3) is 5.91 Å². The van der Waals surface area contributed by atoms with Gasteiger partial charge in [0, 0.05) is 18.8 Å². The molecule has 7 nitrogen and oxygen atoms in total. The zero-order chi connectivity index (χ0) is 20.4. The van der Waals surface area contributed by atoms with E-state index in [1.54, 1.807) is 12.1 Å². The molecule has 0 radical (unpaired) electrons. The molecule has 150 valence electrons. The van der Waals surface area contributed by atoms with Gasteiger partial charge in [0.1, 0.15) is 0 Å². The van der Waals surface area contributed by atoms with Crippen LogP contribution in [0.25, 0.3) is 10.2 Å². The number of ether oxygens (including phenoxy) is 1. The van der Waals surface area contributed by atoms with Gasteiger partial charge < -0.3 is 9.64 Å². The second-order valence-electron chi connectivity index (χ2n) is 6.66. The summed E-state index contributed by atoms with van der Waals surface area (Å²) >= 11 is 7.54. The van der Waals surface area contributed by atoms with Crippen molar-refractivity contribution in [1.82, 2.24) is 10.3 Å². The molecule has 1 aromatic heterocycles. The number of aromatic nitrogens is 1. The third-order valence-corrected chi connectivity index (χ3v) is 5.83. The fraction of sp³-hybridized carbons (Fsp3) is 0.250. The topological polar surface area (TPSA) is 83.6 Å². The summed E-state index contributed by atoms with van der Waals surface area (Å²) in [7, 11) is 0. The number of carbonyl (C=O) groups is 2. The van der Waals surface area contributed by atoms with E-state index in [-0.39, 0.29) is 10.6 Å². The Morgan fingerprint density at radius 1 is 1.17 bits per heavy atom. The molecule has 2 aromatic carbocycles. The van der Waals surface area contributed by atoms with Gasteiger partial charge in [0.15, 0.2) is 5.13 Å². The second-order valence-corrected chi connectivity index (χ2v) is 8.10. The Hall–Kier alpha value is -2.68. The SMILES string of the molecule is Cc1ccc2nc(NC(=O)NC(=O)c3cc(N4CCOCC4)ccc3Cl)sc2c1. The molecule has 0 saturated carbocycles. The first kappa shape index (κ1) is 19.6.